The van der Waals surface area contributed by atoms with Crippen molar-refractivity contribution in [3.63, 3.8) is 0 Å². The third-order valence-corrected chi connectivity index (χ3v) is 5.51. The van der Waals surface area contributed by atoms with Crippen molar-refractivity contribution in [2.45, 2.75) is 32.2 Å². The molecule has 1 fully saturated rings. The summed E-state index contributed by atoms with van der Waals surface area (Å²) in [5, 5.41) is 3.55. The highest BCUT2D eigenvalue weighted by Crippen LogP contribution is 2.33. The molecule has 1 saturated heterocycles. The zero-order chi connectivity index (χ0) is 20.5. The van der Waals surface area contributed by atoms with Gasteiger partial charge in [-0.3, -0.25) is 9.69 Å². The predicted octanol–water partition coefficient (Wildman–Crippen LogP) is 4.96. The Bertz CT molecular complexity index is 879. The quantitative estimate of drug-likeness (QED) is 0.671. The third kappa shape index (κ3) is 3.82. The Hall–Kier alpha value is -2.24. The molecule has 3 amide bonds. The number of imide groups is 1. The topological polar surface area (TPSA) is 58.6 Å². The minimum Gasteiger partial charge on any atom is -0.489 e. The molecular formula is C21H22Cl2N2O3. The van der Waals surface area contributed by atoms with Crippen molar-refractivity contribution in [1.29, 1.82) is 0 Å². The van der Waals surface area contributed by atoms with E-state index < -0.39 is 11.6 Å². The normalized spacial score (nSPS) is 19.3. The summed E-state index contributed by atoms with van der Waals surface area (Å²) >= 11 is 12.1. The van der Waals surface area contributed by atoms with E-state index in [0.717, 1.165) is 10.5 Å². The fraction of sp³-hybridized carbons (Fsp3) is 0.333. The monoisotopic (exact) mass is 420 g/mol. The van der Waals surface area contributed by atoms with Crippen LogP contribution in [0.3, 0.4) is 0 Å². The standard InChI is InChI=1S/C21H22Cl2N2O3/c1-13(2)14-7-9-15(10-8-14)21(3)19(26)25(20(27)24-21)11-12-28-18-16(22)5-4-6-17(18)23/h4-10,13H,11-12H2,1-3H3,(H,24,27)/t21-/m1/s1. The van der Waals surface area contributed by atoms with Gasteiger partial charge in [-0.05, 0) is 36.1 Å². The lowest BCUT2D eigenvalue weighted by Crippen LogP contribution is -2.41. The Morgan fingerprint density at radius 2 is 1.68 bits per heavy atom. The van der Waals surface area contributed by atoms with Crippen LogP contribution in [0.15, 0.2) is 42.5 Å². The van der Waals surface area contributed by atoms with Crippen molar-refractivity contribution < 1.29 is 14.3 Å². The minimum atomic E-state index is -1.10. The van der Waals surface area contributed by atoms with E-state index in [-0.39, 0.29) is 19.1 Å². The fourth-order valence-corrected chi connectivity index (χ4v) is 3.66. The van der Waals surface area contributed by atoms with E-state index in [1.807, 2.05) is 24.3 Å². The van der Waals surface area contributed by atoms with Gasteiger partial charge in [0.05, 0.1) is 16.6 Å². The summed E-state index contributed by atoms with van der Waals surface area (Å²) in [6, 6.07) is 12.3. The third-order valence-electron chi connectivity index (χ3n) is 4.91. The number of carbonyl (C=O) groups excluding carboxylic acids is 2. The molecule has 0 aromatic heterocycles. The van der Waals surface area contributed by atoms with Gasteiger partial charge in [0, 0.05) is 0 Å². The van der Waals surface area contributed by atoms with Gasteiger partial charge in [0.1, 0.15) is 12.1 Å². The van der Waals surface area contributed by atoms with Crippen LogP contribution in [0, 0.1) is 0 Å². The second kappa shape index (κ2) is 8.02. The number of ether oxygens (including phenoxy) is 1. The van der Waals surface area contributed by atoms with Crippen LogP contribution in [0.25, 0.3) is 0 Å². The van der Waals surface area contributed by atoms with E-state index >= 15 is 0 Å². The Kier molecular flexibility index (Phi) is 5.87. The number of hydrogen-bond donors (Lipinski definition) is 1. The minimum absolute atomic E-state index is 0.0883. The first-order chi connectivity index (χ1) is 13.2. The van der Waals surface area contributed by atoms with E-state index in [9.17, 15) is 9.59 Å². The average Bonchev–Trinajstić information content (AvgIpc) is 2.88. The zero-order valence-electron chi connectivity index (χ0n) is 16.0. The van der Waals surface area contributed by atoms with Crippen LogP contribution in [-0.2, 0) is 10.3 Å². The predicted molar refractivity (Wildman–Crippen MR) is 110 cm³/mol. The van der Waals surface area contributed by atoms with Crippen LogP contribution in [0.1, 0.15) is 37.8 Å². The molecule has 1 aliphatic rings. The molecule has 28 heavy (non-hydrogen) atoms. The van der Waals surface area contributed by atoms with Gasteiger partial charge in [0.25, 0.3) is 5.91 Å². The highest BCUT2D eigenvalue weighted by molar-refractivity contribution is 6.37. The van der Waals surface area contributed by atoms with E-state index in [0.29, 0.717) is 21.7 Å². The van der Waals surface area contributed by atoms with Gasteiger partial charge in [-0.1, -0.05) is 67.4 Å². The molecule has 0 spiro atoms. The second-order valence-corrected chi connectivity index (χ2v) is 8.00. The van der Waals surface area contributed by atoms with E-state index in [1.165, 1.54) is 5.56 Å². The first-order valence-electron chi connectivity index (χ1n) is 9.05. The molecule has 148 valence electrons. The number of nitrogens with one attached hydrogen (secondary N) is 1. The molecular weight excluding hydrogens is 399 g/mol. The molecule has 1 aliphatic heterocycles. The summed E-state index contributed by atoms with van der Waals surface area (Å²) in [5.74, 6) is 0.412. The number of rotatable bonds is 6. The summed E-state index contributed by atoms with van der Waals surface area (Å²) in [6.07, 6.45) is 0. The summed E-state index contributed by atoms with van der Waals surface area (Å²) < 4.78 is 5.60. The fourth-order valence-electron chi connectivity index (χ4n) is 3.16. The van der Waals surface area contributed by atoms with Gasteiger partial charge in [0.2, 0.25) is 0 Å². The van der Waals surface area contributed by atoms with Crippen molar-refractivity contribution in [2.24, 2.45) is 0 Å². The van der Waals surface area contributed by atoms with E-state index in [1.54, 1.807) is 25.1 Å². The van der Waals surface area contributed by atoms with Crippen LogP contribution < -0.4 is 10.1 Å². The van der Waals surface area contributed by atoms with Crippen LogP contribution in [0.4, 0.5) is 4.79 Å². The molecule has 2 aromatic rings. The molecule has 1 atom stereocenters. The van der Waals surface area contributed by atoms with Crippen molar-refractivity contribution in [1.82, 2.24) is 10.2 Å². The maximum Gasteiger partial charge on any atom is 0.325 e. The molecule has 3 rings (SSSR count). The summed E-state index contributed by atoms with van der Waals surface area (Å²) in [5.41, 5.74) is 0.813. The van der Waals surface area contributed by atoms with Gasteiger partial charge < -0.3 is 10.1 Å². The van der Waals surface area contributed by atoms with Crippen LogP contribution in [0.5, 0.6) is 5.75 Å². The molecule has 0 aliphatic carbocycles. The lowest BCUT2D eigenvalue weighted by molar-refractivity contribution is -0.131. The van der Waals surface area contributed by atoms with Gasteiger partial charge in [-0.15, -0.1) is 0 Å². The summed E-state index contributed by atoms with van der Waals surface area (Å²) in [6.45, 7) is 6.10. The van der Waals surface area contributed by atoms with Crippen molar-refractivity contribution in [2.75, 3.05) is 13.2 Å². The molecule has 1 heterocycles. The lowest BCUT2D eigenvalue weighted by Gasteiger charge is -2.23. The lowest BCUT2D eigenvalue weighted by atomic mass is 9.90. The van der Waals surface area contributed by atoms with Gasteiger partial charge in [0.15, 0.2) is 5.75 Å². The Balaban J connectivity index is 1.70. The smallest absolute Gasteiger partial charge is 0.325 e. The number of amides is 3. The summed E-state index contributed by atoms with van der Waals surface area (Å²) in [7, 11) is 0. The zero-order valence-corrected chi connectivity index (χ0v) is 17.5. The van der Waals surface area contributed by atoms with Gasteiger partial charge >= 0.3 is 6.03 Å². The number of para-hydroxylation sites is 1. The van der Waals surface area contributed by atoms with Gasteiger partial charge in [-0.25, -0.2) is 4.79 Å². The van der Waals surface area contributed by atoms with Crippen LogP contribution >= 0.6 is 23.2 Å². The van der Waals surface area contributed by atoms with E-state index in [2.05, 4.69) is 19.2 Å². The Morgan fingerprint density at radius 1 is 1.07 bits per heavy atom. The first-order valence-corrected chi connectivity index (χ1v) is 9.81. The maximum absolute atomic E-state index is 13.0. The highest BCUT2D eigenvalue weighted by Gasteiger charge is 2.48. The molecule has 1 N–H and O–H groups in total. The average molecular weight is 421 g/mol. The van der Waals surface area contributed by atoms with Crippen molar-refractivity contribution >= 4 is 35.1 Å². The molecule has 2 aromatic carbocycles. The number of urea groups is 1. The molecule has 5 nitrogen and oxygen atoms in total. The molecule has 0 bridgehead atoms. The van der Waals surface area contributed by atoms with Crippen LogP contribution in [0.2, 0.25) is 10.0 Å². The molecule has 0 radical (unpaired) electrons. The molecule has 7 heteroatoms. The number of hydrogen-bond acceptors (Lipinski definition) is 3. The number of halogens is 2. The highest BCUT2D eigenvalue weighted by atomic mass is 35.5. The van der Waals surface area contributed by atoms with Crippen molar-refractivity contribution in [3.05, 3.63) is 63.6 Å². The SMILES string of the molecule is CC(C)c1ccc([C@@]2(C)NC(=O)N(CCOc3c(Cl)cccc3Cl)C2=O)cc1. The number of benzene rings is 2. The van der Waals surface area contributed by atoms with Crippen molar-refractivity contribution in [3.8, 4) is 5.75 Å². The van der Waals surface area contributed by atoms with E-state index in [4.69, 9.17) is 27.9 Å². The molecule has 0 unspecified atom stereocenters. The maximum atomic E-state index is 13.0. The Labute approximate surface area is 174 Å². The van der Waals surface area contributed by atoms with Crippen LogP contribution in [-0.4, -0.2) is 30.0 Å². The largest absolute Gasteiger partial charge is 0.489 e. The summed E-state index contributed by atoms with van der Waals surface area (Å²) in [4.78, 5) is 26.5. The Morgan fingerprint density at radius 3 is 2.25 bits per heavy atom. The number of nitrogens with zero attached hydrogens (tertiary/aromatic N) is 1. The second-order valence-electron chi connectivity index (χ2n) is 7.19. The molecule has 0 saturated carbocycles. The van der Waals surface area contributed by atoms with Gasteiger partial charge in [-0.2, -0.15) is 0 Å². The first kappa shape index (κ1) is 20.5. The number of carbonyl (C=O) groups is 2.